The zero-order valence-corrected chi connectivity index (χ0v) is 21.9. The number of nitrogens with zero attached hydrogens (tertiary/aromatic N) is 4. The Morgan fingerprint density at radius 3 is 1.88 bits per heavy atom. The van der Waals surface area contributed by atoms with Crippen molar-refractivity contribution in [3.63, 3.8) is 0 Å². The number of para-hydroxylation sites is 1. The van der Waals surface area contributed by atoms with Crippen LogP contribution in [0, 0.1) is 18.3 Å². The highest BCUT2D eigenvalue weighted by Crippen LogP contribution is 2.35. The first-order valence-electron chi connectivity index (χ1n) is 13.2. The molecule has 0 radical (unpaired) electrons. The molecule has 0 aliphatic heterocycles. The molecule has 188 valence electrons. The molecule has 0 saturated heterocycles. The molecule has 7 aromatic rings. The van der Waals surface area contributed by atoms with Gasteiger partial charge < -0.3 is 4.57 Å². The van der Waals surface area contributed by atoms with Crippen LogP contribution in [0.5, 0.6) is 0 Å². The molecular weight excluding hydrogens is 488 g/mol. The van der Waals surface area contributed by atoms with Crippen LogP contribution in [0.1, 0.15) is 11.1 Å². The summed E-state index contributed by atoms with van der Waals surface area (Å²) in [7, 11) is 0. The van der Waals surface area contributed by atoms with Gasteiger partial charge >= 0.3 is 0 Å². The summed E-state index contributed by atoms with van der Waals surface area (Å²) in [6.07, 6.45) is 0. The predicted octanol–water partition coefficient (Wildman–Crippen LogP) is 8.75. The zero-order valence-electron chi connectivity index (χ0n) is 21.9. The second-order valence-electron chi connectivity index (χ2n) is 9.91. The molecule has 5 aromatic carbocycles. The molecule has 2 heterocycles. The molecule has 0 aliphatic rings. The normalized spacial score (nSPS) is 11.1. The minimum atomic E-state index is 0.592. The van der Waals surface area contributed by atoms with Crippen LogP contribution >= 0.6 is 0 Å². The van der Waals surface area contributed by atoms with Crippen LogP contribution in [-0.2, 0) is 0 Å². The first-order chi connectivity index (χ1) is 19.7. The highest BCUT2D eigenvalue weighted by Gasteiger charge is 2.17. The molecule has 0 aliphatic carbocycles. The van der Waals surface area contributed by atoms with Crippen molar-refractivity contribution in [2.75, 3.05) is 0 Å². The molecule has 0 unspecified atom stereocenters. The van der Waals surface area contributed by atoms with E-state index in [1.165, 1.54) is 10.9 Å². The number of nitriles is 1. The molecule has 0 spiro atoms. The van der Waals surface area contributed by atoms with Crippen molar-refractivity contribution in [2.45, 2.75) is 6.92 Å². The van der Waals surface area contributed by atoms with E-state index in [4.69, 9.17) is 9.97 Å². The van der Waals surface area contributed by atoms with Crippen molar-refractivity contribution in [2.24, 2.45) is 0 Å². The average molecular weight is 513 g/mol. The lowest BCUT2D eigenvalue weighted by Gasteiger charge is -2.13. The number of aromatic nitrogens is 3. The lowest BCUT2D eigenvalue weighted by molar-refractivity contribution is 1.15. The molecule has 0 N–H and O–H groups in total. The lowest BCUT2D eigenvalue weighted by Crippen LogP contribution is -2.00. The van der Waals surface area contributed by atoms with Crippen LogP contribution in [0.3, 0.4) is 0 Å². The van der Waals surface area contributed by atoms with E-state index in [2.05, 4.69) is 78.2 Å². The number of fused-ring (bicyclic) bond motifs is 3. The first-order valence-corrected chi connectivity index (χ1v) is 13.2. The first kappa shape index (κ1) is 23.6. The van der Waals surface area contributed by atoms with Crippen LogP contribution in [0.4, 0.5) is 0 Å². The fraction of sp³-hybridized carbons (Fsp3) is 0.0278. The second kappa shape index (κ2) is 9.65. The molecule has 4 nitrogen and oxygen atoms in total. The summed E-state index contributed by atoms with van der Waals surface area (Å²) in [6.45, 7) is 2.11. The standard InChI is InChI=1S/C36H24N4/c1-24-16-19-34-30(20-24)29-14-8-9-15-33(29)40(34)35-21-27(17-18-28(35)23-37)36-38-31(25-10-4-2-5-11-25)22-32(39-36)26-12-6-3-7-13-26/h2-22H,1H3. The molecular formula is C36H24N4. The van der Waals surface area contributed by atoms with E-state index in [0.717, 1.165) is 50.2 Å². The largest absolute Gasteiger partial charge is 0.308 e. The molecule has 0 amide bonds. The Kier molecular flexibility index (Phi) is 5.69. The summed E-state index contributed by atoms with van der Waals surface area (Å²) in [5.74, 6) is 0.613. The van der Waals surface area contributed by atoms with Crippen molar-refractivity contribution >= 4 is 21.8 Å². The maximum atomic E-state index is 10.2. The molecule has 0 atom stereocenters. The minimum Gasteiger partial charge on any atom is -0.308 e. The fourth-order valence-corrected chi connectivity index (χ4v) is 5.39. The Bertz CT molecular complexity index is 2010. The van der Waals surface area contributed by atoms with Gasteiger partial charge in [-0.25, -0.2) is 9.97 Å². The third-order valence-electron chi connectivity index (χ3n) is 7.31. The Labute approximate surface area is 232 Å². The van der Waals surface area contributed by atoms with E-state index in [1.807, 2.05) is 66.7 Å². The predicted molar refractivity (Wildman–Crippen MR) is 162 cm³/mol. The molecule has 7 rings (SSSR count). The van der Waals surface area contributed by atoms with E-state index < -0.39 is 0 Å². The summed E-state index contributed by atoms with van der Waals surface area (Å²) >= 11 is 0. The summed E-state index contributed by atoms with van der Waals surface area (Å²) in [5, 5.41) is 12.5. The fourth-order valence-electron chi connectivity index (χ4n) is 5.39. The van der Waals surface area contributed by atoms with E-state index >= 15 is 0 Å². The second-order valence-corrected chi connectivity index (χ2v) is 9.91. The van der Waals surface area contributed by atoms with Gasteiger partial charge in [-0.15, -0.1) is 0 Å². The summed E-state index contributed by atoms with van der Waals surface area (Å²) < 4.78 is 2.19. The van der Waals surface area contributed by atoms with Crippen molar-refractivity contribution in [1.29, 1.82) is 5.26 Å². The highest BCUT2D eigenvalue weighted by molar-refractivity contribution is 6.09. The van der Waals surface area contributed by atoms with E-state index in [9.17, 15) is 5.26 Å². The van der Waals surface area contributed by atoms with Crippen LogP contribution in [0.2, 0.25) is 0 Å². The molecule has 0 bridgehead atoms. The summed E-state index contributed by atoms with van der Waals surface area (Å²) in [4.78, 5) is 10.0. The van der Waals surface area contributed by atoms with Crippen molar-refractivity contribution in [3.05, 3.63) is 139 Å². The van der Waals surface area contributed by atoms with E-state index in [1.54, 1.807) is 0 Å². The molecule has 0 fully saturated rings. The SMILES string of the molecule is Cc1ccc2c(c1)c1ccccc1n2-c1cc(-c2nc(-c3ccccc3)cc(-c3ccccc3)n2)ccc1C#N. The van der Waals surface area contributed by atoms with Crippen molar-refractivity contribution < 1.29 is 0 Å². The maximum Gasteiger partial charge on any atom is 0.160 e. The van der Waals surface area contributed by atoms with Crippen LogP contribution in [-0.4, -0.2) is 14.5 Å². The van der Waals surface area contributed by atoms with Gasteiger partial charge in [0.15, 0.2) is 5.82 Å². The van der Waals surface area contributed by atoms with Gasteiger partial charge in [-0.1, -0.05) is 90.5 Å². The van der Waals surface area contributed by atoms with Crippen LogP contribution in [0.25, 0.3) is 61.4 Å². The number of benzene rings is 5. The van der Waals surface area contributed by atoms with Gasteiger partial charge in [0, 0.05) is 27.5 Å². The topological polar surface area (TPSA) is 54.5 Å². The van der Waals surface area contributed by atoms with Gasteiger partial charge in [-0.3, -0.25) is 0 Å². The van der Waals surface area contributed by atoms with Gasteiger partial charge in [0.1, 0.15) is 6.07 Å². The van der Waals surface area contributed by atoms with Crippen molar-refractivity contribution in [3.8, 4) is 45.7 Å². The zero-order chi connectivity index (χ0) is 27.1. The number of hydrogen-bond donors (Lipinski definition) is 0. The Balaban J connectivity index is 1.49. The number of aryl methyl sites for hydroxylation is 1. The van der Waals surface area contributed by atoms with Gasteiger partial charge in [0.2, 0.25) is 0 Å². The van der Waals surface area contributed by atoms with Gasteiger partial charge in [0.05, 0.1) is 33.7 Å². The Hall–Kier alpha value is -5.53. The maximum absolute atomic E-state index is 10.2. The monoisotopic (exact) mass is 512 g/mol. The smallest absolute Gasteiger partial charge is 0.160 e. The van der Waals surface area contributed by atoms with Gasteiger partial charge in [-0.05, 0) is 49.4 Å². The van der Waals surface area contributed by atoms with Gasteiger partial charge in [0.25, 0.3) is 0 Å². The Morgan fingerprint density at radius 2 is 1.20 bits per heavy atom. The highest BCUT2D eigenvalue weighted by atomic mass is 15.0. The van der Waals surface area contributed by atoms with Crippen LogP contribution in [0.15, 0.2) is 127 Å². The molecule has 4 heteroatoms. The lowest BCUT2D eigenvalue weighted by atomic mass is 10.1. The number of hydrogen-bond acceptors (Lipinski definition) is 3. The van der Waals surface area contributed by atoms with Crippen molar-refractivity contribution in [1.82, 2.24) is 14.5 Å². The number of rotatable bonds is 4. The molecule has 0 saturated carbocycles. The summed E-state index contributed by atoms with van der Waals surface area (Å²) in [5.41, 5.74) is 9.31. The Morgan fingerprint density at radius 1 is 0.575 bits per heavy atom. The third kappa shape index (κ3) is 4.02. The molecule has 2 aromatic heterocycles. The van der Waals surface area contributed by atoms with E-state index in [-0.39, 0.29) is 0 Å². The third-order valence-corrected chi connectivity index (χ3v) is 7.31. The average Bonchev–Trinajstić information content (AvgIpc) is 3.34. The van der Waals surface area contributed by atoms with Crippen LogP contribution < -0.4 is 0 Å². The van der Waals surface area contributed by atoms with Gasteiger partial charge in [-0.2, -0.15) is 5.26 Å². The van der Waals surface area contributed by atoms with E-state index in [0.29, 0.717) is 11.4 Å². The minimum absolute atomic E-state index is 0.592. The quantitative estimate of drug-likeness (QED) is 0.237. The summed E-state index contributed by atoms with van der Waals surface area (Å²) in [6, 6.07) is 45.5. The molecule has 40 heavy (non-hydrogen) atoms.